The van der Waals surface area contributed by atoms with E-state index in [1.165, 1.54) is 11.0 Å². The van der Waals surface area contributed by atoms with Crippen molar-refractivity contribution in [3.63, 3.8) is 0 Å². The minimum atomic E-state index is -4.30. The maximum atomic E-state index is 12.7. The van der Waals surface area contributed by atoms with E-state index in [2.05, 4.69) is 0 Å². The third-order valence-electron chi connectivity index (χ3n) is 5.31. The molecule has 3 rings (SSSR count). The lowest BCUT2D eigenvalue weighted by Gasteiger charge is -2.46. The van der Waals surface area contributed by atoms with Crippen LogP contribution in [-0.4, -0.2) is 29.2 Å². The topological polar surface area (TPSA) is 40.5 Å². The van der Waals surface area contributed by atoms with E-state index >= 15 is 0 Å². The van der Waals surface area contributed by atoms with E-state index in [-0.39, 0.29) is 5.41 Å². The molecule has 2 aliphatic rings. The van der Waals surface area contributed by atoms with Gasteiger partial charge in [0.05, 0.1) is 5.56 Å². The number of carbonyl (C=O) groups is 1. The lowest BCUT2D eigenvalue weighted by molar-refractivity contribution is -0.137. The molecule has 6 heteroatoms. The molecule has 1 N–H and O–H groups in total. The fraction of sp³-hybridized carbons (Fsp3) is 0.588. The Labute approximate surface area is 133 Å². The van der Waals surface area contributed by atoms with Crippen LogP contribution >= 0.6 is 0 Å². The first-order chi connectivity index (χ1) is 10.7. The minimum Gasteiger partial charge on any atom is -0.465 e. The Kier molecular flexibility index (Phi) is 3.81. The largest absolute Gasteiger partial charge is 0.465 e. The molecular formula is C17H20F3NO2. The molecule has 1 atom stereocenters. The molecular weight excluding hydrogens is 307 g/mol. The number of hydrogen-bond acceptors (Lipinski definition) is 1. The van der Waals surface area contributed by atoms with Crippen molar-refractivity contribution in [1.82, 2.24) is 4.90 Å². The van der Waals surface area contributed by atoms with Gasteiger partial charge >= 0.3 is 12.3 Å². The van der Waals surface area contributed by atoms with Gasteiger partial charge in [-0.25, -0.2) is 4.79 Å². The molecule has 1 saturated carbocycles. The summed E-state index contributed by atoms with van der Waals surface area (Å²) in [5.41, 5.74) is 1.16. The van der Waals surface area contributed by atoms with Crippen molar-refractivity contribution in [3.8, 4) is 0 Å². The number of amides is 1. The summed E-state index contributed by atoms with van der Waals surface area (Å²) in [5, 5.41) is 8.94. The molecule has 1 aliphatic carbocycles. The highest BCUT2D eigenvalue weighted by Gasteiger charge is 2.49. The summed E-state index contributed by atoms with van der Waals surface area (Å²) in [7, 11) is 0. The van der Waals surface area contributed by atoms with E-state index in [9.17, 15) is 18.0 Å². The molecule has 0 aromatic heterocycles. The van der Waals surface area contributed by atoms with Gasteiger partial charge in [0.25, 0.3) is 0 Å². The van der Waals surface area contributed by atoms with Crippen LogP contribution in [0.3, 0.4) is 0 Å². The second-order valence-electron chi connectivity index (χ2n) is 7.09. The number of likely N-dealkylation sites (tertiary alicyclic amines) is 1. The first-order valence-electron chi connectivity index (χ1n) is 7.83. The molecule has 2 fully saturated rings. The Balaban J connectivity index is 1.62. The van der Waals surface area contributed by atoms with Crippen molar-refractivity contribution < 1.29 is 23.1 Å². The van der Waals surface area contributed by atoms with Gasteiger partial charge in [0, 0.05) is 18.5 Å². The quantitative estimate of drug-likeness (QED) is 0.878. The van der Waals surface area contributed by atoms with Crippen LogP contribution in [0.5, 0.6) is 0 Å². The zero-order chi connectivity index (χ0) is 16.8. The van der Waals surface area contributed by atoms with E-state index in [1.54, 1.807) is 13.0 Å². The molecule has 1 unspecified atom stereocenters. The van der Waals surface area contributed by atoms with Gasteiger partial charge in [-0.15, -0.1) is 0 Å². The maximum Gasteiger partial charge on any atom is 0.416 e. The molecule has 1 aliphatic heterocycles. The molecule has 3 nitrogen and oxygen atoms in total. The molecule has 1 aromatic rings. The van der Waals surface area contributed by atoms with Crippen LogP contribution in [0.25, 0.3) is 0 Å². The van der Waals surface area contributed by atoms with Gasteiger partial charge in [-0.05, 0) is 61.8 Å². The van der Waals surface area contributed by atoms with Crippen molar-refractivity contribution in [2.45, 2.75) is 38.8 Å². The molecule has 1 saturated heterocycles. The summed E-state index contributed by atoms with van der Waals surface area (Å²) in [5.74, 6) is 0.432. The summed E-state index contributed by atoms with van der Waals surface area (Å²) in [6, 6.07) is 3.96. The van der Waals surface area contributed by atoms with Crippen LogP contribution in [0, 0.1) is 18.3 Å². The van der Waals surface area contributed by atoms with Crippen molar-refractivity contribution in [2.75, 3.05) is 13.1 Å². The first kappa shape index (κ1) is 16.1. The molecule has 126 valence electrons. The average Bonchev–Trinajstić information content (AvgIpc) is 2.82. The average molecular weight is 327 g/mol. The molecule has 0 radical (unpaired) electrons. The summed E-state index contributed by atoms with van der Waals surface area (Å²) >= 11 is 0. The Morgan fingerprint density at radius 1 is 1.39 bits per heavy atom. The number of benzene rings is 1. The monoisotopic (exact) mass is 327 g/mol. The van der Waals surface area contributed by atoms with E-state index in [4.69, 9.17) is 5.11 Å². The Hall–Kier alpha value is -1.72. The van der Waals surface area contributed by atoms with E-state index in [1.807, 2.05) is 0 Å². The third-order valence-corrected chi connectivity index (χ3v) is 5.31. The number of halogens is 3. The summed E-state index contributed by atoms with van der Waals surface area (Å²) in [6.45, 7) is 2.93. The van der Waals surface area contributed by atoms with Gasteiger partial charge in [0.2, 0.25) is 0 Å². The molecule has 1 heterocycles. The normalized spacial score (nSPS) is 23.1. The summed E-state index contributed by atoms with van der Waals surface area (Å²) < 4.78 is 38.1. The van der Waals surface area contributed by atoms with E-state index < -0.39 is 17.8 Å². The van der Waals surface area contributed by atoms with Crippen molar-refractivity contribution in [2.24, 2.45) is 11.3 Å². The molecule has 1 aromatic carbocycles. The van der Waals surface area contributed by atoms with Gasteiger partial charge < -0.3 is 10.0 Å². The van der Waals surface area contributed by atoms with Crippen LogP contribution < -0.4 is 0 Å². The molecule has 1 spiro atoms. The van der Waals surface area contributed by atoms with Crippen LogP contribution in [0.2, 0.25) is 0 Å². The van der Waals surface area contributed by atoms with Crippen LogP contribution in [-0.2, 0) is 12.6 Å². The zero-order valence-corrected chi connectivity index (χ0v) is 13.0. The smallest absolute Gasteiger partial charge is 0.416 e. The van der Waals surface area contributed by atoms with Crippen LogP contribution in [0.4, 0.5) is 18.0 Å². The Morgan fingerprint density at radius 2 is 2.09 bits per heavy atom. The highest BCUT2D eigenvalue weighted by Crippen LogP contribution is 2.49. The number of alkyl halides is 3. The third kappa shape index (κ3) is 3.16. The SMILES string of the molecule is Cc1cc(C(F)(F)F)ccc1CC1CCC2(C1)CN(C(=O)O)C2. The Morgan fingerprint density at radius 3 is 2.65 bits per heavy atom. The van der Waals surface area contributed by atoms with Crippen molar-refractivity contribution in [3.05, 3.63) is 34.9 Å². The minimum absolute atomic E-state index is 0.114. The Bertz CT molecular complexity index is 621. The zero-order valence-electron chi connectivity index (χ0n) is 13.0. The maximum absolute atomic E-state index is 12.7. The van der Waals surface area contributed by atoms with Gasteiger partial charge in [-0.3, -0.25) is 0 Å². The highest BCUT2D eigenvalue weighted by molar-refractivity contribution is 5.66. The van der Waals surface area contributed by atoms with E-state index in [0.29, 0.717) is 24.6 Å². The van der Waals surface area contributed by atoms with Crippen LogP contribution in [0.15, 0.2) is 18.2 Å². The predicted octanol–water partition coefficient (Wildman–Crippen LogP) is 4.34. The highest BCUT2D eigenvalue weighted by atomic mass is 19.4. The summed E-state index contributed by atoms with van der Waals surface area (Å²) in [4.78, 5) is 12.3. The van der Waals surface area contributed by atoms with Gasteiger partial charge in [-0.2, -0.15) is 13.2 Å². The van der Waals surface area contributed by atoms with Crippen molar-refractivity contribution in [1.29, 1.82) is 0 Å². The number of nitrogens with zero attached hydrogens (tertiary/aromatic N) is 1. The summed E-state index contributed by atoms with van der Waals surface area (Å²) in [6.07, 6.45) is -1.38. The first-order valence-corrected chi connectivity index (χ1v) is 7.83. The molecule has 1 amide bonds. The molecule has 0 bridgehead atoms. The van der Waals surface area contributed by atoms with E-state index in [0.717, 1.165) is 37.3 Å². The van der Waals surface area contributed by atoms with Gasteiger partial charge in [-0.1, -0.05) is 6.07 Å². The fourth-order valence-electron chi connectivity index (χ4n) is 4.10. The molecule has 23 heavy (non-hydrogen) atoms. The number of aryl methyl sites for hydroxylation is 1. The van der Waals surface area contributed by atoms with Crippen molar-refractivity contribution >= 4 is 6.09 Å². The number of carboxylic acid groups (broad SMARTS) is 1. The van der Waals surface area contributed by atoms with Crippen LogP contribution in [0.1, 0.15) is 36.0 Å². The van der Waals surface area contributed by atoms with Gasteiger partial charge in [0.15, 0.2) is 0 Å². The number of rotatable bonds is 2. The second-order valence-corrected chi connectivity index (χ2v) is 7.09. The lowest BCUT2D eigenvalue weighted by Crippen LogP contribution is -2.56. The standard InChI is InChI=1S/C17H20F3NO2/c1-11-6-14(17(18,19)20)3-2-13(11)7-12-4-5-16(8-12)9-21(10-16)15(22)23/h2-3,6,12H,4-5,7-10H2,1H3,(H,22,23). The predicted molar refractivity (Wildman–Crippen MR) is 79.3 cm³/mol. The lowest BCUT2D eigenvalue weighted by atomic mass is 9.77. The number of hydrogen-bond donors (Lipinski definition) is 1. The fourth-order valence-corrected chi connectivity index (χ4v) is 4.10. The van der Waals surface area contributed by atoms with Gasteiger partial charge in [0.1, 0.15) is 0 Å². The second kappa shape index (κ2) is 5.42.